The molecular formula is C25H19ClF2N6O3. The minimum atomic E-state index is -0.769. The Hall–Kier alpha value is -4.25. The van der Waals surface area contributed by atoms with Crippen LogP contribution in [0.4, 0.5) is 14.6 Å². The Labute approximate surface area is 212 Å². The molecule has 4 heterocycles. The number of imidazole rings is 1. The molecule has 0 bridgehead atoms. The van der Waals surface area contributed by atoms with Crippen LogP contribution in [0.25, 0.3) is 28.1 Å². The molecule has 9 nitrogen and oxygen atoms in total. The fourth-order valence-electron chi connectivity index (χ4n) is 4.45. The van der Waals surface area contributed by atoms with E-state index in [4.69, 9.17) is 16.3 Å². The molecule has 0 amide bonds. The Morgan fingerprint density at radius 1 is 1.11 bits per heavy atom. The van der Waals surface area contributed by atoms with Crippen LogP contribution in [0.1, 0.15) is 19.3 Å². The Bertz CT molecular complexity index is 1830. The first-order valence-corrected chi connectivity index (χ1v) is 11.9. The summed E-state index contributed by atoms with van der Waals surface area (Å²) >= 11 is 6.06. The van der Waals surface area contributed by atoms with Crippen molar-refractivity contribution in [2.75, 3.05) is 12.4 Å². The number of rotatable bonds is 5. The lowest BCUT2D eigenvalue weighted by Gasteiger charge is -2.27. The second kappa shape index (κ2) is 8.70. The molecule has 4 aromatic heterocycles. The second-order valence-electron chi connectivity index (χ2n) is 8.73. The number of methoxy groups -OCH3 is 1. The number of nitrogens with zero attached hydrogens (tertiary/aromatic N) is 5. The smallest absolute Gasteiger partial charge is 0.342 e. The molecule has 1 aliphatic carbocycles. The first kappa shape index (κ1) is 23.2. The molecule has 0 aliphatic heterocycles. The fraction of sp³-hybridized carbons (Fsp3) is 0.200. The number of hydrogen-bond acceptors (Lipinski definition) is 6. The predicted molar refractivity (Wildman–Crippen MR) is 134 cm³/mol. The molecule has 12 heteroatoms. The molecule has 0 saturated heterocycles. The summed E-state index contributed by atoms with van der Waals surface area (Å²) in [5, 5.41) is 3.12. The second-order valence-corrected chi connectivity index (χ2v) is 9.14. The molecular weight excluding hydrogens is 506 g/mol. The Balaban J connectivity index is 1.73. The molecule has 1 aromatic carbocycles. The highest BCUT2D eigenvalue weighted by atomic mass is 35.5. The molecule has 5 aromatic rings. The number of benzene rings is 1. The third kappa shape index (κ3) is 3.73. The molecule has 37 heavy (non-hydrogen) atoms. The minimum absolute atomic E-state index is 0.0000950. The van der Waals surface area contributed by atoms with Crippen molar-refractivity contribution in [3.63, 3.8) is 0 Å². The largest absolute Gasteiger partial charge is 0.480 e. The lowest BCUT2D eigenvalue weighted by atomic mass is 9.93. The van der Waals surface area contributed by atoms with Crippen molar-refractivity contribution < 1.29 is 13.5 Å². The fourth-order valence-corrected chi connectivity index (χ4v) is 4.63. The molecule has 6 rings (SSSR count). The van der Waals surface area contributed by atoms with Gasteiger partial charge in [-0.1, -0.05) is 11.6 Å². The van der Waals surface area contributed by atoms with Crippen molar-refractivity contribution in [3.8, 4) is 17.4 Å². The number of aromatic nitrogens is 5. The van der Waals surface area contributed by atoms with Crippen LogP contribution in [0.5, 0.6) is 5.88 Å². The first-order chi connectivity index (χ1) is 17.9. The van der Waals surface area contributed by atoms with Crippen LogP contribution >= 0.6 is 11.6 Å². The van der Waals surface area contributed by atoms with Crippen LogP contribution in [0.2, 0.25) is 5.02 Å². The average molecular weight is 525 g/mol. The molecule has 188 valence electrons. The van der Waals surface area contributed by atoms with Gasteiger partial charge in [-0.15, -0.1) is 0 Å². The van der Waals surface area contributed by atoms with Crippen molar-refractivity contribution in [3.05, 3.63) is 86.3 Å². The van der Waals surface area contributed by atoms with E-state index >= 15 is 0 Å². The topological polar surface area (TPSA) is 95.4 Å². The van der Waals surface area contributed by atoms with E-state index in [0.717, 1.165) is 29.9 Å². The van der Waals surface area contributed by atoms with Crippen LogP contribution in [0.3, 0.4) is 0 Å². The molecule has 0 spiro atoms. The van der Waals surface area contributed by atoms with Gasteiger partial charge in [0.25, 0.3) is 5.56 Å². The Morgan fingerprint density at radius 2 is 1.92 bits per heavy atom. The SMILES string of the molecule is COc1nc(NC2CCC2)cc2c1c(=O)n(-c1cnc3cc(F)ccn13)c(=O)n2-c1ccc(F)c(Cl)c1. The van der Waals surface area contributed by atoms with Crippen LogP contribution in [0, 0.1) is 11.6 Å². The van der Waals surface area contributed by atoms with Crippen LogP contribution < -0.4 is 21.3 Å². The summed E-state index contributed by atoms with van der Waals surface area (Å²) in [4.78, 5) is 36.5. The van der Waals surface area contributed by atoms with Crippen molar-refractivity contribution in [2.45, 2.75) is 25.3 Å². The third-order valence-electron chi connectivity index (χ3n) is 6.50. The van der Waals surface area contributed by atoms with Gasteiger partial charge in [-0.05, 0) is 43.5 Å². The van der Waals surface area contributed by atoms with E-state index in [-0.39, 0.29) is 45.0 Å². The zero-order valence-electron chi connectivity index (χ0n) is 19.4. The van der Waals surface area contributed by atoms with Crippen LogP contribution in [0.15, 0.2) is 58.4 Å². The normalized spacial score (nSPS) is 13.7. The summed E-state index contributed by atoms with van der Waals surface area (Å²) in [7, 11) is 1.37. The van der Waals surface area contributed by atoms with Gasteiger partial charge in [0, 0.05) is 24.4 Å². The number of hydrogen-bond donors (Lipinski definition) is 1. The van der Waals surface area contributed by atoms with E-state index in [1.54, 1.807) is 6.07 Å². The van der Waals surface area contributed by atoms with E-state index in [9.17, 15) is 18.4 Å². The summed E-state index contributed by atoms with van der Waals surface area (Å²) in [6.45, 7) is 0. The number of anilines is 1. The van der Waals surface area contributed by atoms with E-state index in [1.807, 2.05) is 0 Å². The van der Waals surface area contributed by atoms with Gasteiger partial charge in [0.1, 0.15) is 34.3 Å². The summed E-state index contributed by atoms with van der Waals surface area (Å²) < 4.78 is 36.8. The number of fused-ring (bicyclic) bond motifs is 2. The van der Waals surface area contributed by atoms with E-state index < -0.39 is 22.9 Å². The summed E-state index contributed by atoms with van der Waals surface area (Å²) in [6.07, 6.45) is 5.69. The van der Waals surface area contributed by atoms with Gasteiger partial charge in [-0.25, -0.2) is 23.1 Å². The standard InChI is InChI=1S/C25H19ClF2N6O3/c1-37-23-22-18(11-19(31-23)30-14-3-2-4-14)33(15-5-6-17(28)16(26)10-15)25(36)34(24(22)35)21-12-29-20-9-13(27)7-8-32(20)21/h5-12,14H,2-4H2,1H3,(H,30,31). The lowest BCUT2D eigenvalue weighted by molar-refractivity contribution is 0.401. The van der Waals surface area contributed by atoms with Crippen molar-refractivity contribution in [1.29, 1.82) is 0 Å². The number of ether oxygens (including phenoxy) is 1. The predicted octanol–water partition coefficient (Wildman–Crippen LogP) is 4.09. The van der Waals surface area contributed by atoms with E-state index in [1.165, 1.54) is 52.7 Å². The maximum absolute atomic E-state index is 14.0. The summed E-state index contributed by atoms with van der Waals surface area (Å²) in [5.74, 6) is -0.678. The molecule has 1 saturated carbocycles. The molecule has 0 atom stereocenters. The molecule has 1 N–H and O–H groups in total. The Morgan fingerprint density at radius 3 is 2.62 bits per heavy atom. The molecule has 0 unspecified atom stereocenters. The number of halogens is 3. The molecule has 1 aliphatic rings. The van der Waals surface area contributed by atoms with E-state index in [0.29, 0.717) is 5.82 Å². The first-order valence-electron chi connectivity index (χ1n) is 11.5. The van der Waals surface area contributed by atoms with Gasteiger partial charge < -0.3 is 10.1 Å². The molecule has 1 fully saturated rings. The lowest BCUT2D eigenvalue weighted by Crippen LogP contribution is -2.39. The van der Waals surface area contributed by atoms with Gasteiger partial charge in [0.2, 0.25) is 5.88 Å². The maximum atomic E-state index is 14.0. The van der Waals surface area contributed by atoms with Gasteiger partial charge in [-0.2, -0.15) is 4.98 Å². The van der Waals surface area contributed by atoms with Crippen molar-refractivity contribution in [1.82, 2.24) is 23.5 Å². The highest BCUT2D eigenvalue weighted by molar-refractivity contribution is 6.30. The van der Waals surface area contributed by atoms with Gasteiger partial charge in [0.05, 0.1) is 29.5 Å². The van der Waals surface area contributed by atoms with Gasteiger partial charge in [-0.3, -0.25) is 13.8 Å². The zero-order chi connectivity index (χ0) is 25.8. The quantitative estimate of drug-likeness (QED) is 0.372. The third-order valence-corrected chi connectivity index (χ3v) is 6.79. The Kier molecular flexibility index (Phi) is 5.45. The van der Waals surface area contributed by atoms with Gasteiger partial charge >= 0.3 is 5.69 Å². The zero-order valence-corrected chi connectivity index (χ0v) is 20.2. The summed E-state index contributed by atoms with van der Waals surface area (Å²) in [6, 6.07) is 7.97. The maximum Gasteiger partial charge on any atom is 0.342 e. The number of nitrogens with one attached hydrogen (secondary N) is 1. The van der Waals surface area contributed by atoms with Crippen LogP contribution in [-0.2, 0) is 0 Å². The number of pyridine rings is 2. The highest BCUT2D eigenvalue weighted by Gasteiger charge is 2.25. The molecule has 0 radical (unpaired) electrons. The highest BCUT2D eigenvalue weighted by Crippen LogP contribution is 2.29. The minimum Gasteiger partial charge on any atom is -0.480 e. The van der Waals surface area contributed by atoms with E-state index in [2.05, 4.69) is 15.3 Å². The van der Waals surface area contributed by atoms with Crippen molar-refractivity contribution in [2.24, 2.45) is 0 Å². The van der Waals surface area contributed by atoms with Gasteiger partial charge in [0.15, 0.2) is 0 Å². The van der Waals surface area contributed by atoms with Crippen LogP contribution in [-0.4, -0.2) is 36.7 Å². The monoisotopic (exact) mass is 524 g/mol. The average Bonchev–Trinajstić information content (AvgIpc) is 3.25. The van der Waals surface area contributed by atoms with Crippen molar-refractivity contribution >= 4 is 34.0 Å². The summed E-state index contributed by atoms with van der Waals surface area (Å²) in [5.41, 5.74) is -0.868.